The maximum atomic E-state index is 12.7. The highest BCUT2D eigenvalue weighted by atomic mass is 19.4. The van der Waals surface area contributed by atoms with E-state index in [-0.39, 0.29) is 5.82 Å². The number of halogens is 3. The zero-order valence-electron chi connectivity index (χ0n) is 11.8. The molecule has 20 heavy (non-hydrogen) atoms. The molecule has 0 spiro atoms. The van der Waals surface area contributed by atoms with Gasteiger partial charge in [0, 0.05) is 12.1 Å². The van der Waals surface area contributed by atoms with Crippen LogP contribution in [0, 0.1) is 0 Å². The standard InChI is InChI=1S/C14H18F3N3/c1-13(2,3)20-11-5-4-9(8-18)6-10(11)19-12(20)7-14(15,16)17/h4-6H,7-8,18H2,1-3H3. The number of nitrogens with zero attached hydrogens (tertiary/aromatic N) is 2. The van der Waals surface area contributed by atoms with Crippen LogP contribution >= 0.6 is 0 Å². The van der Waals surface area contributed by atoms with E-state index < -0.39 is 18.1 Å². The summed E-state index contributed by atoms with van der Waals surface area (Å²) in [4.78, 5) is 4.16. The molecule has 0 radical (unpaired) electrons. The molecule has 0 bridgehead atoms. The van der Waals surface area contributed by atoms with Crippen molar-refractivity contribution in [3.05, 3.63) is 29.6 Å². The number of alkyl halides is 3. The minimum Gasteiger partial charge on any atom is -0.326 e. The number of aromatic nitrogens is 2. The third kappa shape index (κ3) is 2.95. The third-order valence-corrected chi connectivity index (χ3v) is 3.05. The number of hydrogen-bond acceptors (Lipinski definition) is 2. The average molecular weight is 285 g/mol. The van der Waals surface area contributed by atoms with Crippen molar-refractivity contribution in [2.75, 3.05) is 0 Å². The molecular formula is C14H18F3N3. The summed E-state index contributed by atoms with van der Waals surface area (Å²) in [5.74, 6) is 0.0363. The first-order valence-electron chi connectivity index (χ1n) is 6.39. The average Bonchev–Trinajstić information content (AvgIpc) is 2.62. The SMILES string of the molecule is CC(C)(C)n1c(CC(F)(F)F)nc2cc(CN)ccc21. The van der Waals surface area contributed by atoms with Gasteiger partial charge in [0.2, 0.25) is 0 Å². The number of fused-ring (bicyclic) bond motifs is 1. The second kappa shape index (κ2) is 4.77. The van der Waals surface area contributed by atoms with Crippen LogP contribution in [0.4, 0.5) is 13.2 Å². The van der Waals surface area contributed by atoms with Crippen LogP contribution in [0.5, 0.6) is 0 Å². The minimum absolute atomic E-state index is 0.0363. The van der Waals surface area contributed by atoms with Crippen LogP contribution in [0.15, 0.2) is 18.2 Å². The highest BCUT2D eigenvalue weighted by Crippen LogP contribution is 2.29. The molecule has 0 amide bonds. The predicted octanol–water partition coefficient (Wildman–Crippen LogP) is 3.35. The lowest BCUT2D eigenvalue weighted by atomic mass is 10.1. The van der Waals surface area contributed by atoms with Crippen molar-refractivity contribution in [3.63, 3.8) is 0 Å². The smallest absolute Gasteiger partial charge is 0.326 e. The quantitative estimate of drug-likeness (QED) is 0.919. The van der Waals surface area contributed by atoms with Gasteiger partial charge in [-0.05, 0) is 38.5 Å². The second-order valence-electron chi connectivity index (χ2n) is 5.85. The molecule has 6 heteroatoms. The molecule has 0 aliphatic heterocycles. The lowest BCUT2D eigenvalue weighted by molar-refractivity contribution is -0.129. The molecule has 1 aromatic carbocycles. The van der Waals surface area contributed by atoms with Crippen molar-refractivity contribution in [2.24, 2.45) is 5.73 Å². The molecule has 0 aliphatic carbocycles. The fourth-order valence-electron chi connectivity index (χ4n) is 2.35. The Labute approximate surface area is 115 Å². The van der Waals surface area contributed by atoms with Gasteiger partial charge in [0.05, 0.1) is 11.0 Å². The minimum atomic E-state index is -4.28. The number of rotatable bonds is 2. The van der Waals surface area contributed by atoms with Gasteiger partial charge in [-0.2, -0.15) is 13.2 Å². The molecule has 0 saturated heterocycles. The number of imidazole rings is 1. The van der Waals surface area contributed by atoms with E-state index in [1.165, 1.54) is 0 Å². The molecule has 110 valence electrons. The molecule has 0 unspecified atom stereocenters. The van der Waals surface area contributed by atoms with Crippen molar-refractivity contribution < 1.29 is 13.2 Å². The van der Waals surface area contributed by atoms with Gasteiger partial charge < -0.3 is 10.3 Å². The van der Waals surface area contributed by atoms with Crippen LogP contribution in [0.3, 0.4) is 0 Å². The first-order valence-corrected chi connectivity index (χ1v) is 6.39. The summed E-state index contributed by atoms with van der Waals surface area (Å²) in [7, 11) is 0. The van der Waals surface area contributed by atoms with E-state index in [4.69, 9.17) is 5.73 Å². The lowest BCUT2D eigenvalue weighted by Crippen LogP contribution is -2.26. The molecule has 1 aromatic heterocycles. The van der Waals surface area contributed by atoms with Crippen molar-refractivity contribution in [1.82, 2.24) is 9.55 Å². The Morgan fingerprint density at radius 1 is 1.20 bits per heavy atom. The summed E-state index contributed by atoms with van der Waals surface area (Å²) in [6.07, 6.45) is -5.31. The number of nitrogens with two attached hydrogens (primary N) is 1. The van der Waals surface area contributed by atoms with Crippen molar-refractivity contribution in [3.8, 4) is 0 Å². The zero-order chi connectivity index (χ0) is 15.1. The maximum absolute atomic E-state index is 12.7. The molecule has 1 heterocycles. The van der Waals surface area contributed by atoms with Gasteiger partial charge in [-0.3, -0.25) is 0 Å². The second-order valence-corrected chi connectivity index (χ2v) is 5.85. The summed E-state index contributed by atoms with van der Waals surface area (Å²) in [6.45, 7) is 5.94. The molecule has 0 atom stereocenters. The Kier molecular flexibility index (Phi) is 3.54. The lowest BCUT2D eigenvalue weighted by Gasteiger charge is -2.25. The van der Waals surface area contributed by atoms with Crippen molar-refractivity contribution in [2.45, 2.75) is 45.5 Å². The molecule has 2 N–H and O–H groups in total. The Bertz CT molecular complexity index is 621. The summed E-state index contributed by atoms with van der Waals surface area (Å²) < 4.78 is 39.8. The van der Waals surface area contributed by atoms with E-state index in [0.29, 0.717) is 17.6 Å². The maximum Gasteiger partial charge on any atom is 0.396 e. The fraction of sp³-hybridized carbons (Fsp3) is 0.500. The zero-order valence-corrected chi connectivity index (χ0v) is 11.8. The first-order chi connectivity index (χ1) is 9.12. The molecule has 2 aromatic rings. The van der Waals surface area contributed by atoms with E-state index in [1.54, 1.807) is 16.7 Å². The van der Waals surface area contributed by atoms with Crippen LogP contribution < -0.4 is 5.73 Å². The van der Waals surface area contributed by atoms with Gasteiger partial charge in [-0.25, -0.2) is 4.98 Å². The van der Waals surface area contributed by atoms with E-state index in [1.807, 2.05) is 26.8 Å². The van der Waals surface area contributed by atoms with Crippen LogP contribution in [0.25, 0.3) is 11.0 Å². The Balaban J connectivity index is 2.66. The van der Waals surface area contributed by atoms with Gasteiger partial charge in [0.15, 0.2) is 0 Å². The molecule has 0 fully saturated rings. The summed E-state index contributed by atoms with van der Waals surface area (Å²) in [5.41, 5.74) is 7.20. The highest BCUT2D eigenvalue weighted by Gasteiger charge is 2.33. The first kappa shape index (κ1) is 14.8. The van der Waals surface area contributed by atoms with Crippen LogP contribution in [-0.4, -0.2) is 15.7 Å². The van der Waals surface area contributed by atoms with Crippen molar-refractivity contribution >= 4 is 11.0 Å². The van der Waals surface area contributed by atoms with E-state index in [0.717, 1.165) is 5.56 Å². The number of benzene rings is 1. The molecule has 2 rings (SSSR count). The van der Waals surface area contributed by atoms with E-state index >= 15 is 0 Å². The Hall–Kier alpha value is -1.56. The molecule has 0 saturated carbocycles. The Morgan fingerprint density at radius 2 is 1.85 bits per heavy atom. The van der Waals surface area contributed by atoms with Crippen molar-refractivity contribution in [1.29, 1.82) is 0 Å². The predicted molar refractivity (Wildman–Crippen MR) is 72.4 cm³/mol. The van der Waals surface area contributed by atoms with E-state index in [2.05, 4.69) is 4.98 Å². The monoisotopic (exact) mass is 285 g/mol. The largest absolute Gasteiger partial charge is 0.396 e. The van der Waals surface area contributed by atoms with Gasteiger partial charge in [0.25, 0.3) is 0 Å². The van der Waals surface area contributed by atoms with Crippen LogP contribution in [-0.2, 0) is 18.5 Å². The summed E-state index contributed by atoms with van der Waals surface area (Å²) in [6, 6.07) is 5.36. The molecular weight excluding hydrogens is 267 g/mol. The van der Waals surface area contributed by atoms with Gasteiger partial charge in [-0.15, -0.1) is 0 Å². The van der Waals surface area contributed by atoms with Gasteiger partial charge in [-0.1, -0.05) is 6.07 Å². The summed E-state index contributed by atoms with van der Waals surface area (Å²) in [5, 5.41) is 0. The highest BCUT2D eigenvalue weighted by molar-refractivity contribution is 5.77. The topological polar surface area (TPSA) is 43.8 Å². The fourth-order valence-corrected chi connectivity index (χ4v) is 2.35. The normalized spacial score (nSPS) is 13.2. The summed E-state index contributed by atoms with van der Waals surface area (Å²) >= 11 is 0. The van der Waals surface area contributed by atoms with Gasteiger partial charge >= 0.3 is 6.18 Å². The molecule has 0 aliphatic rings. The van der Waals surface area contributed by atoms with E-state index in [9.17, 15) is 13.2 Å². The third-order valence-electron chi connectivity index (χ3n) is 3.05. The van der Waals surface area contributed by atoms with Gasteiger partial charge in [0.1, 0.15) is 12.2 Å². The van der Waals surface area contributed by atoms with Crippen LogP contribution in [0.2, 0.25) is 0 Å². The van der Waals surface area contributed by atoms with Crippen LogP contribution in [0.1, 0.15) is 32.2 Å². The number of hydrogen-bond donors (Lipinski definition) is 1. The molecule has 3 nitrogen and oxygen atoms in total. The Morgan fingerprint density at radius 3 is 2.35 bits per heavy atom.